The van der Waals surface area contributed by atoms with Crippen LogP contribution in [0.5, 0.6) is 0 Å². The Hall–Kier alpha value is -1.95. The van der Waals surface area contributed by atoms with E-state index in [0.29, 0.717) is 5.56 Å². The average molecular weight is 251 g/mol. The summed E-state index contributed by atoms with van der Waals surface area (Å²) in [7, 11) is 0. The lowest BCUT2D eigenvalue weighted by atomic mass is 10.1. The van der Waals surface area contributed by atoms with Crippen LogP contribution in [0.1, 0.15) is 12.5 Å². The third-order valence-corrected chi connectivity index (χ3v) is 3.02. The summed E-state index contributed by atoms with van der Waals surface area (Å²) >= 11 is 0. The summed E-state index contributed by atoms with van der Waals surface area (Å²) in [6.07, 6.45) is 0. The van der Waals surface area contributed by atoms with Crippen LogP contribution in [0.15, 0.2) is 18.2 Å². The molecule has 0 aliphatic carbocycles. The van der Waals surface area contributed by atoms with Gasteiger partial charge in [0.25, 0.3) is 0 Å². The maximum Gasteiger partial charge on any atom is 0.243 e. The molecule has 0 bridgehead atoms. The molecule has 1 heterocycles. The van der Waals surface area contributed by atoms with Gasteiger partial charge in [0.2, 0.25) is 11.8 Å². The Morgan fingerprint density at radius 1 is 1.50 bits per heavy atom. The summed E-state index contributed by atoms with van der Waals surface area (Å²) in [5.41, 5.74) is 5.92. The molecular weight excluding hydrogens is 237 g/mol. The summed E-state index contributed by atoms with van der Waals surface area (Å²) in [6, 6.07) is 4.24. The first kappa shape index (κ1) is 12.5. The van der Waals surface area contributed by atoms with Crippen LogP contribution < -0.4 is 11.1 Å². The minimum absolute atomic E-state index is 0.0629. The Morgan fingerprint density at radius 2 is 2.22 bits per heavy atom. The lowest BCUT2D eigenvalue weighted by molar-refractivity contribution is -0.139. The van der Waals surface area contributed by atoms with Crippen molar-refractivity contribution in [3.05, 3.63) is 29.6 Å². The highest BCUT2D eigenvalue weighted by molar-refractivity contribution is 6.00. The van der Waals surface area contributed by atoms with Gasteiger partial charge in [-0.15, -0.1) is 0 Å². The molecule has 18 heavy (non-hydrogen) atoms. The van der Waals surface area contributed by atoms with Crippen molar-refractivity contribution in [2.45, 2.75) is 19.5 Å². The van der Waals surface area contributed by atoms with Gasteiger partial charge in [-0.1, -0.05) is 12.1 Å². The largest absolute Gasteiger partial charge is 0.396 e. The van der Waals surface area contributed by atoms with E-state index in [4.69, 9.17) is 5.73 Å². The van der Waals surface area contributed by atoms with Crippen molar-refractivity contribution in [2.24, 2.45) is 0 Å². The maximum atomic E-state index is 13.7. The van der Waals surface area contributed by atoms with Gasteiger partial charge in [-0.2, -0.15) is 0 Å². The lowest BCUT2D eigenvalue weighted by Gasteiger charge is -2.31. The lowest BCUT2D eigenvalue weighted by Crippen LogP contribution is -2.56. The molecule has 0 aromatic heterocycles. The molecule has 1 saturated heterocycles. The summed E-state index contributed by atoms with van der Waals surface area (Å²) in [5, 5.41) is 2.23. The maximum absolute atomic E-state index is 13.7. The van der Waals surface area contributed by atoms with Crippen LogP contribution in [0.3, 0.4) is 0 Å². The zero-order valence-electron chi connectivity index (χ0n) is 9.94. The Balaban J connectivity index is 2.20. The fourth-order valence-electron chi connectivity index (χ4n) is 1.90. The summed E-state index contributed by atoms with van der Waals surface area (Å²) in [4.78, 5) is 24.4. The van der Waals surface area contributed by atoms with Crippen molar-refractivity contribution < 1.29 is 14.0 Å². The number of benzene rings is 1. The second kappa shape index (κ2) is 4.73. The molecule has 2 amide bonds. The third-order valence-electron chi connectivity index (χ3n) is 3.02. The quantitative estimate of drug-likeness (QED) is 0.584. The normalized spacial score (nSPS) is 20.9. The molecule has 5 nitrogen and oxygen atoms in total. The zero-order chi connectivity index (χ0) is 13.3. The molecule has 1 aromatic carbocycles. The van der Waals surface area contributed by atoms with Gasteiger partial charge in [-0.25, -0.2) is 4.39 Å². The van der Waals surface area contributed by atoms with E-state index in [2.05, 4.69) is 5.32 Å². The van der Waals surface area contributed by atoms with Crippen LogP contribution in [0.4, 0.5) is 10.1 Å². The fourth-order valence-corrected chi connectivity index (χ4v) is 1.90. The molecule has 2 rings (SSSR count). The first-order valence-electron chi connectivity index (χ1n) is 5.59. The van der Waals surface area contributed by atoms with Crippen molar-refractivity contribution in [3.63, 3.8) is 0 Å². The Labute approximate surface area is 104 Å². The van der Waals surface area contributed by atoms with Crippen molar-refractivity contribution in [1.82, 2.24) is 10.2 Å². The highest BCUT2D eigenvalue weighted by Gasteiger charge is 2.30. The number of rotatable bonds is 2. The van der Waals surface area contributed by atoms with E-state index in [1.165, 1.54) is 6.07 Å². The summed E-state index contributed by atoms with van der Waals surface area (Å²) in [5.74, 6) is -1.24. The zero-order valence-corrected chi connectivity index (χ0v) is 9.94. The van der Waals surface area contributed by atoms with Crippen LogP contribution in [-0.4, -0.2) is 29.3 Å². The van der Waals surface area contributed by atoms with E-state index in [1.807, 2.05) is 0 Å². The molecule has 96 valence electrons. The predicted octanol–water partition coefficient (Wildman–Crippen LogP) is 0.255. The minimum atomic E-state index is -0.497. The standard InChI is InChI=1S/C12H14FN3O2/c1-7-12(18)15-10(17)6-16(7)5-8-3-2-4-9(14)11(8)13/h2-4,7H,5-6,14H2,1H3,(H,15,17,18). The number of nitrogens with zero attached hydrogens (tertiary/aromatic N) is 1. The third kappa shape index (κ3) is 2.33. The number of nitrogens with one attached hydrogen (secondary N) is 1. The number of carbonyl (C=O) groups excluding carboxylic acids is 2. The van der Waals surface area contributed by atoms with Crippen LogP contribution in [0.25, 0.3) is 0 Å². The van der Waals surface area contributed by atoms with Gasteiger partial charge >= 0.3 is 0 Å². The van der Waals surface area contributed by atoms with Crippen molar-refractivity contribution in [3.8, 4) is 0 Å². The van der Waals surface area contributed by atoms with Gasteiger partial charge < -0.3 is 5.73 Å². The van der Waals surface area contributed by atoms with E-state index in [9.17, 15) is 14.0 Å². The highest BCUT2D eigenvalue weighted by Crippen LogP contribution is 2.18. The summed E-state index contributed by atoms with van der Waals surface area (Å²) in [6.45, 7) is 1.92. The Kier molecular flexibility index (Phi) is 3.29. The number of carbonyl (C=O) groups is 2. The van der Waals surface area contributed by atoms with E-state index >= 15 is 0 Å². The highest BCUT2D eigenvalue weighted by atomic mass is 19.1. The van der Waals surface area contributed by atoms with E-state index in [0.717, 1.165) is 0 Å². The smallest absolute Gasteiger partial charge is 0.243 e. The fraction of sp³-hybridized carbons (Fsp3) is 0.333. The molecule has 1 unspecified atom stereocenters. The van der Waals surface area contributed by atoms with Gasteiger partial charge in [0.15, 0.2) is 5.82 Å². The van der Waals surface area contributed by atoms with Gasteiger partial charge in [0.1, 0.15) is 0 Å². The number of halogens is 1. The number of hydrogen-bond donors (Lipinski definition) is 2. The van der Waals surface area contributed by atoms with Crippen molar-refractivity contribution >= 4 is 17.5 Å². The van der Waals surface area contributed by atoms with E-state index < -0.39 is 11.9 Å². The Morgan fingerprint density at radius 3 is 2.94 bits per heavy atom. The van der Waals surface area contributed by atoms with Crippen LogP contribution in [0.2, 0.25) is 0 Å². The minimum Gasteiger partial charge on any atom is -0.396 e. The van der Waals surface area contributed by atoms with Gasteiger partial charge in [0.05, 0.1) is 18.3 Å². The first-order chi connectivity index (χ1) is 8.49. The topological polar surface area (TPSA) is 75.4 Å². The second-order valence-electron chi connectivity index (χ2n) is 4.31. The number of nitrogens with two attached hydrogens (primary N) is 1. The monoisotopic (exact) mass is 251 g/mol. The molecule has 1 aromatic rings. The van der Waals surface area contributed by atoms with Crippen molar-refractivity contribution in [1.29, 1.82) is 0 Å². The van der Waals surface area contributed by atoms with E-state index in [1.54, 1.807) is 24.0 Å². The molecule has 3 N–H and O–H groups in total. The number of hydrogen-bond acceptors (Lipinski definition) is 4. The predicted molar refractivity (Wildman–Crippen MR) is 63.8 cm³/mol. The number of anilines is 1. The van der Waals surface area contributed by atoms with Crippen LogP contribution in [-0.2, 0) is 16.1 Å². The van der Waals surface area contributed by atoms with Crippen molar-refractivity contribution in [2.75, 3.05) is 12.3 Å². The average Bonchev–Trinajstić information content (AvgIpc) is 2.31. The van der Waals surface area contributed by atoms with Gasteiger partial charge in [0, 0.05) is 12.1 Å². The molecule has 1 atom stereocenters. The molecular formula is C12H14FN3O2. The molecule has 0 radical (unpaired) electrons. The first-order valence-corrected chi connectivity index (χ1v) is 5.59. The molecule has 1 fully saturated rings. The van der Waals surface area contributed by atoms with Crippen LogP contribution >= 0.6 is 0 Å². The number of piperazine rings is 1. The number of imide groups is 1. The van der Waals surface area contributed by atoms with Gasteiger partial charge in [-0.05, 0) is 13.0 Å². The van der Waals surface area contributed by atoms with E-state index in [-0.39, 0.29) is 30.6 Å². The molecule has 6 heteroatoms. The Bertz CT molecular complexity index is 504. The molecule has 1 aliphatic heterocycles. The molecule has 0 saturated carbocycles. The number of nitrogen functional groups attached to an aromatic ring is 1. The molecule has 1 aliphatic rings. The molecule has 0 spiro atoms. The second-order valence-corrected chi connectivity index (χ2v) is 4.31. The SMILES string of the molecule is CC1C(=O)NC(=O)CN1Cc1cccc(N)c1F. The van der Waals surface area contributed by atoms with Gasteiger partial charge in [-0.3, -0.25) is 19.8 Å². The van der Waals surface area contributed by atoms with Crippen LogP contribution in [0, 0.1) is 5.82 Å². The number of amides is 2. The summed E-state index contributed by atoms with van der Waals surface area (Å²) < 4.78 is 13.7.